The highest BCUT2D eigenvalue weighted by Crippen LogP contribution is 2.33. The van der Waals surface area contributed by atoms with Crippen LogP contribution < -0.4 is 10.6 Å². The number of guanidine groups is 1. The van der Waals surface area contributed by atoms with Crippen molar-refractivity contribution in [3.63, 3.8) is 0 Å². The standard InChI is InChI=1S/C19H30N4S/c1-20-18(21-13-17-9-6-10-24-17)22-14-19(23(2)3)11-15-7-4-5-8-16(15)12-19/h4-5,7-8,17H,6,9-14H2,1-3H3,(H2,20,21,22). The van der Waals surface area contributed by atoms with Crippen LogP contribution in [0, 0.1) is 0 Å². The maximum Gasteiger partial charge on any atom is 0.191 e. The van der Waals surface area contributed by atoms with Gasteiger partial charge >= 0.3 is 0 Å². The lowest BCUT2D eigenvalue weighted by atomic mass is 9.94. The molecule has 1 atom stereocenters. The summed E-state index contributed by atoms with van der Waals surface area (Å²) in [4.78, 5) is 6.79. The van der Waals surface area contributed by atoms with Gasteiger partial charge in [0.05, 0.1) is 0 Å². The second-order valence-electron chi connectivity index (χ2n) is 7.18. The van der Waals surface area contributed by atoms with Gasteiger partial charge in [-0.3, -0.25) is 4.99 Å². The third-order valence-electron chi connectivity index (χ3n) is 5.44. The van der Waals surface area contributed by atoms with E-state index in [2.05, 4.69) is 70.6 Å². The quantitative estimate of drug-likeness (QED) is 0.633. The van der Waals surface area contributed by atoms with Gasteiger partial charge in [-0.15, -0.1) is 0 Å². The molecule has 0 saturated carbocycles. The molecule has 2 N–H and O–H groups in total. The van der Waals surface area contributed by atoms with E-state index in [1.165, 1.54) is 29.7 Å². The second kappa shape index (κ2) is 7.79. The van der Waals surface area contributed by atoms with Gasteiger partial charge in [-0.1, -0.05) is 24.3 Å². The van der Waals surface area contributed by atoms with Crippen LogP contribution in [0.15, 0.2) is 29.3 Å². The number of nitrogens with zero attached hydrogens (tertiary/aromatic N) is 2. The normalized spacial score (nSPS) is 22.7. The zero-order valence-corrected chi connectivity index (χ0v) is 16.0. The van der Waals surface area contributed by atoms with E-state index >= 15 is 0 Å². The van der Waals surface area contributed by atoms with Crippen LogP contribution in [0.4, 0.5) is 0 Å². The molecule has 1 saturated heterocycles. The van der Waals surface area contributed by atoms with Gasteiger partial charge in [-0.05, 0) is 56.7 Å². The van der Waals surface area contributed by atoms with Gasteiger partial charge in [-0.2, -0.15) is 11.8 Å². The molecule has 0 bridgehead atoms. The Kier molecular flexibility index (Phi) is 5.72. The summed E-state index contributed by atoms with van der Waals surface area (Å²) in [5.41, 5.74) is 3.10. The molecular formula is C19H30N4S. The molecule has 1 aliphatic heterocycles. The van der Waals surface area contributed by atoms with Crippen molar-refractivity contribution in [1.29, 1.82) is 0 Å². The van der Waals surface area contributed by atoms with Crippen molar-refractivity contribution in [2.75, 3.05) is 40.0 Å². The number of hydrogen-bond donors (Lipinski definition) is 2. The molecule has 3 rings (SSSR count). The molecule has 5 heteroatoms. The summed E-state index contributed by atoms with van der Waals surface area (Å²) < 4.78 is 0. The van der Waals surface area contributed by atoms with Crippen molar-refractivity contribution in [3.8, 4) is 0 Å². The molecule has 1 unspecified atom stereocenters. The zero-order valence-electron chi connectivity index (χ0n) is 15.1. The summed E-state index contributed by atoms with van der Waals surface area (Å²) in [5, 5.41) is 7.83. The third-order valence-corrected chi connectivity index (χ3v) is 6.83. The zero-order chi connectivity index (χ0) is 17.0. The number of benzene rings is 1. The Balaban J connectivity index is 1.58. The van der Waals surface area contributed by atoms with Crippen molar-refractivity contribution >= 4 is 17.7 Å². The largest absolute Gasteiger partial charge is 0.355 e. The minimum atomic E-state index is 0.128. The summed E-state index contributed by atoms with van der Waals surface area (Å²) in [5.74, 6) is 2.24. The molecule has 1 heterocycles. The first-order valence-electron chi connectivity index (χ1n) is 8.93. The van der Waals surface area contributed by atoms with E-state index in [-0.39, 0.29) is 5.54 Å². The number of aliphatic imine (C=N–C) groups is 1. The van der Waals surface area contributed by atoms with Crippen LogP contribution in [0.1, 0.15) is 24.0 Å². The first-order valence-corrected chi connectivity index (χ1v) is 9.98. The van der Waals surface area contributed by atoms with Gasteiger partial charge in [0.2, 0.25) is 0 Å². The number of thioether (sulfide) groups is 1. The second-order valence-corrected chi connectivity index (χ2v) is 8.59. The van der Waals surface area contributed by atoms with E-state index in [0.29, 0.717) is 0 Å². The lowest BCUT2D eigenvalue weighted by Crippen LogP contribution is -2.55. The fourth-order valence-electron chi connectivity index (χ4n) is 3.76. The van der Waals surface area contributed by atoms with Gasteiger partial charge in [0.15, 0.2) is 5.96 Å². The maximum absolute atomic E-state index is 4.42. The maximum atomic E-state index is 4.42. The molecule has 1 aliphatic carbocycles. The Bertz CT molecular complexity index is 553. The van der Waals surface area contributed by atoms with Crippen LogP contribution in [-0.2, 0) is 12.8 Å². The average Bonchev–Trinajstić information content (AvgIpc) is 3.22. The van der Waals surface area contributed by atoms with Crippen molar-refractivity contribution in [2.45, 2.75) is 36.5 Å². The molecule has 0 amide bonds. The third kappa shape index (κ3) is 3.89. The molecule has 24 heavy (non-hydrogen) atoms. The summed E-state index contributed by atoms with van der Waals surface area (Å²) in [6, 6.07) is 8.84. The van der Waals surface area contributed by atoms with Crippen LogP contribution in [0.5, 0.6) is 0 Å². The molecule has 0 spiro atoms. The Hall–Kier alpha value is -1.20. The SMILES string of the molecule is CN=C(NCC1CCCS1)NCC1(N(C)C)Cc2ccccc2C1. The molecule has 132 valence electrons. The van der Waals surface area contributed by atoms with Gasteiger partial charge in [0.25, 0.3) is 0 Å². The first-order chi connectivity index (χ1) is 11.6. The van der Waals surface area contributed by atoms with Crippen molar-refractivity contribution in [1.82, 2.24) is 15.5 Å². The predicted molar refractivity (Wildman–Crippen MR) is 105 cm³/mol. The smallest absolute Gasteiger partial charge is 0.191 e. The van der Waals surface area contributed by atoms with E-state index in [0.717, 1.165) is 37.1 Å². The van der Waals surface area contributed by atoms with Crippen molar-refractivity contribution < 1.29 is 0 Å². The molecule has 1 aromatic carbocycles. The van der Waals surface area contributed by atoms with E-state index in [1.54, 1.807) is 0 Å². The van der Waals surface area contributed by atoms with E-state index in [1.807, 2.05) is 7.05 Å². The van der Waals surface area contributed by atoms with Crippen LogP contribution in [-0.4, -0.2) is 61.6 Å². The Morgan fingerprint density at radius 3 is 2.50 bits per heavy atom. The molecule has 0 radical (unpaired) electrons. The van der Waals surface area contributed by atoms with Crippen LogP contribution >= 0.6 is 11.8 Å². The average molecular weight is 347 g/mol. The fraction of sp³-hybridized carbons (Fsp3) is 0.632. The highest BCUT2D eigenvalue weighted by Gasteiger charge is 2.39. The summed E-state index contributed by atoms with van der Waals surface area (Å²) in [6.07, 6.45) is 4.87. The van der Waals surface area contributed by atoms with Crippen molar-refractivity contribution in [2.24, 2.45) is 4.99 Å². The number of rotatable bonds is 5. The van der Waals surface area contributed by atoms with Crippen LogP contribution in [0.3, 0.4) is 0 Å². The van der Waals surface area contributed by atoms with E-state index in [9.17, 15) is 0 Å². The Morgan fingerprint density at radius 1 is 1.25 bits per heavy atom. The first kappa shape index (κ1) is 17.6. The fourth-order valence-corrected chi connectivity index (χ4v) is 4.96. The topological polar surface area (TPSA) is 39.7 Å². The minimum absolute atomic E-state index is 0.128. The van der Waals surface area contributed by atoms with Gasteiger partial charge < -0.3 is 15.5 Å². The Labute approximate surface area is 150 Å². The molecule has 1 fully saturated rings. The van der Waals surface area contributed by atoms with Gasteiger partial charge in [0, 0.05) is 30.9 Å². The lowest BCUT2D eigenvalue weighted by molar-refractivity contribution is 0.165. The van der Waals surface area contributed by atoms with Crippen molar-refractivity contribution in [3.05, 3.63) is 35.4 Å². The lowest BCUT2D eigenvalue weighted by Gasteiger charge is -2.37. The molecule has 4 nitrogen and oxygen atoms in total. The predicted octanol–water partition coefficient (Wildman–Crippen LogP) is 2.15. The van der Waals surface area contributed by atoms with E-state index < -0.39 is 0 Å². The van der Waals surface area contributed by atoms with Crippen LogP contribution in [0.25, 0.3) is 0 Å². The molecular weight excluding hydrogens is 316 g/mol. The van der Waals surface area contributed by atoms with E-state index in [4.69, 9.17) is 0 Å². The summed E-state index contributed by atoms with van der Waals surface area (Å²) in [7, 11) is 6.25. The highest BCUT2D eigenvalue weighted by molar-refractivity contribution is 8.00. The monoisotopic (exact) mass is 346 g/mol. The Morgan fingerprint density at radius 2 is 1.96 bits per heavy atom. The number of nitrogens with one attached hydrogen (secondary N) is 2. The number of fused-ring (bicyclic) bond motifs is 1. The molecule has 2 aliphatic rings. The number of hydrogen-bond acceptors (Lipinski definition) is 3. The highest BCUT2D eigenvalue weighted by atomic mass is 32.2. The number of likely N-dealkylation sites (N-methyl/N-ethyl adjacent to an activating group) is 1. The summed E-state index contributed by atoms with van der Waals surface area (Å²) >= 11 is 2.08. The van der Waals surface area contributed by atoms with Gasteiger partial charge in [-0.25, -0.2) is 0 Å². The van der Waals surface area contributed by atoms with Crippen LogP contribution in [0.2, 0.25) is 0 Å². The minimum Gasteiger partial charge on any atom is -0.355 e. The molecule has 0 aromatic heterocycles. The summed E-state index contributed by atoms with van der Waals surface area (Å²) in [6.45, 7) is 1.92. The van der Waals surface area contributed by atoms with Gasteiger partial charge in [0.1, 0.15) is 0 Å². The molecule has 1 aromatic rings.